The number of nitrogen functional groups attached to an aromatic ring is 1. The van der Waals surface area contributed by atoms with Crippen LogP contribution in [-0.2, 0) is 10.0 Å². The number of hydrogen-bond donors (Lipinski definition) is 1. The summed E-state index contributed by atoms with van der Waals surface area (Å²) in [5, 5.41) is 0.328. The Kier molecular flexibility index (Phi) is 5.23. The summed E-state index contributed by atoms with van der Waals surface area (Å²) in [5.74, 6) is 0.453. The molecule has 0 aromatic heterocycles. The van der Waals surface area contributed by atoms with Crippen LogP contribution in [0.3, 0.4) is 0 Å². The third-order valence-corrected chi connectivity index (χ3v) is 6.84. The molecule has 0 amide bonds. The van der Waals surface area contributed by atoms with E-state index in [4.69, 9.17) is 17.3 Å². The van der Waals surface area contributed by atoms with Gasteiger partial charge in [-0.3, -0.25) is 0 Å². The number of anilines is 1. The van der Waals surface area contributed by atoms with Gasteiger partial charge in [0.1, 0.15) is 0 Å². The summed E-state index contributed by atoms with van der Waals surface area (Å²) in [7, 11) is -3.59. The molecule has 2 rings (SSSR count). The Morgan fingerprint density at radius 1 is 1.43 bits per heavy atom. The van der Waals surface area contributed by atoms with Crippen LogP contribution in [0.4, 0.5) is 5.69 Å². The Morgan fingerprint density at radius 3 is 2.57 bits per heavy atom. The first-order chi connectivity index (χ1) is 9.73. The summed E-state index contributed by atoms with van der Waals surface area (Å²) in [6.45, 7) is 4.71. The quantitative estimate of drug-likeness (QED) is 0.743. The van der Waals surface area contributed by atoms with E-state index in [0.717, 1.165) is 19.3 Å². The van der Waals surface area contributed by atoms with Crippen LogP contribution in [0.5, 0.6) is 0 Å². The van der Waals surface area contributed by atoms with E-state index in [-0.39, 0.29) is 10.9 Å². The van der Waals surface area contributed by atoms with Gasteiger partial charge in [0.2, 0.25) is 10.0 Å². The highest BCUT2D eigenvalue weighted by Crippen LogP contribution is 2.37. The first kappa shape index (κ1) is 17.1. The van der Waals surface area contributed by atoms with E-state index in [1.807, 2.05) is 0 Å². The molecule has 21 heavy (non-hydrogen) atoms. The van der Waals surface area contributed by atoms with Crippen molar-refractivity contribution < 1.29 is 8.42 Å². The first-order valence-electron chi connectivity index (χ1n) is 7.00. The molecule has 0 aliphatic heterocycles. The molecule has 1 aliphatic carbocycles. The van der Waals surface area contributed by atoms with Crippen molar-refractivity contribution in [2.45, 2.75) is 44.0 Å². The molecule has 1 aliphatic rings. The van der Waals surface area contributed by atoms with Crippen molar-refractivity contribution in [1.82, 2.24) is 4.31 Å². The molecular weight excluding hydrogens is 376 g/mol. The van der Waals surface area contributed by atoms with Crippen molar-refractivity contribution in [2.75, 3.05) is 12.3 Å². The van der Waals surface area contributed by atoms with Gasteiger partial charge >= 0.3 is 0 Å². The average Bonchev–Trinajstić information content (AvgIpc) is 3.17. The number of nitrogens with two attached hydrogens (primary N) is 1. The second-order valence-corrected chi connectivity index (χ2v) is 8.92. The lowest BCUT2D eigenvalue weighted by Gasteiger charge is -2.24. The van der Waals surface area contributed by atoms with Gasteiger partial charge in [-0.05, 0) is 53.2 Å². The lowest BCUT2D eigenvalue weighted by atomic mass is 10.1. The van der Waals surface area contributed by atoms with Crippen molar-refractivity contribution >= 4 is 43.2 Å². The van der Waals surface area contributed by atoms with E-state index in [0.29, 0.717) is 27.6 Å². The minimum absolute atomic E-state index is 0.112. The van der Waals surface area contributed by atoms with Crippen molar-refractivity contribution in [3.63, 3.8) is 0 Å². The lowest BCUT2D eigenvalue weighted by molar-refractivity contribution is 0.373. The number of sulfonamides is 1. The van der Waals surface area contributed by atoms with Gasteiger partial charge in [-0.1, -0.05) is 25.4 Å². The van der Waals surface area contributed by atoms with Crippen molar-refractivity contribution in [1.29, 1.82) is 0 Å². The fourth-order valence-corrected chi connectivity index (χ4v) is 5.10. The van der Waals surface area contributed by atoms with E-state index in [1.165, 1.54) is 6.07 Å². The zero-order valence-electron chi connectivity index (χ0n) is 12.1. The fourth-order valence-electron chi connectivity index (χ4n) is 2.15. The maximum Gasteiger partial charge on any atom is 0.244 e. The smallest absolute Gasteiger partial charge is 0.244 e. The minimum atomic E-state index is -3.59. The topological polar surface area (TPSA) is 63.4 Å². The van der Waals surface area contributed by atoms with Gasteiger partial charge in [0, 0.05) is 23.3 Å². The number of halogens is 2. The van der Waals surface area contributed by atoms with Crippen LogP contribution >= 0.6 is 27.5 Å². The summed E-state index contributed by atoms with van der Waals surface area (Å²) < 4.78 is 27.9. The molecule has 1 aromatic rings. The molecule has 7 heteroatoms. The zero-order valence-corrected chi connectivity index (χ0v) is 15.3. The molecule has 0 heterocycles. The second-order valence-electron chi connectivity index (χ2n) is 5.84. The van der Waals surface area contributed by atoms with Crippen molar-refractivity contribution in [3.05, 3.63) is 21.6 Å². The summed E-state index contributed by atoms with van der Waals surface area (Å²) in [4.78, 5) is 0.156. The van der Waals surface area contributed by atoms with Crippen LogP contribution in [0.1, 0.15) is 33.1 Å². The monoisotopic (exact) mass is 394 g/mol. The highest BCUT2D eigenvalue weighted by molar-refractivity contribution is 9.10. The van der Waals surface area contributed by atoms with Crippen LogP contribution < -0.4 is 5.73 Å². The summed E-state index contributed by atoms with van der Waals surface area (Å²) in [6.07, 6.45) is 2.68. The molecule has 0 radical (unpaired) electrons. The van der Waals surface area contributed by atoms with Gasteiger partial charge in [-0.2, -0.15) is 4.31 Å². The first-order valence-corrected chi connectivity index (χ1v) is 9.61. The van der Waals surface area contributed by atoms with Crippen molar-refractivity contribution in [2.24, 2.45) is 5.92 Å². The highest BCUT2D eigenvalue weighted by atomic mass is 79.9. The second kappa shape index (κ2) is 6.44. The Labute approximate surface area is 139 Å². The van der Waals surface area contributed by atoms with Gasteiger partial charge in [0.15, 0.2) is 0 Å². The van der Waals surface area contributed by atoms with Crippen LogP contribution in [0.15, 0.2) is 21.5 Å². The molecule has 1 aromatic carbocycles. The maximum absolute atomic E-state index is 12.9. The van der Waals surface area contributed by atoms with Crippen LogP contribution in [0.2, 0.25) is 5.02 Å². The normalized spacial score (nSPS) is 15.9. The molecule has 0 unspecified atom stereocenters. The number of benzene rings is 1. The molecule has 0 spiro atoms. The van der Waals surface area contributed by atoms with Crippen molar-refractivity contribution in [3.8, 4) is 0 Å². The Hall–Kier alpha value is -0.300. The number of nitrogens with zero attached hydrogens (tertiary/aromatic N) is 1. The van der Waals surface area contributed by atoms with E-state index in [2.05, 4.69) is 29.8 Å². The van der Waals surface area contributed by atoms with Gasteiger partial charge in [0.25, 0.3) is 0 Å². The summed E-state index contributed by atoms with van der Waals surface area (Å²) >= 11 is 9.25. The van der Waals surface area contributed by atoms with E-state index >= 15 is 0 Å². The number of rotatable bonds is 6. The Bertz CT molecular complexity index is 630. The third-order valence-electron chi connectivity index (χ3n) is 3.50. The molecular formula is C14H20BrClN2O2S. The Balaban J connectivity index is 2.39. The van der Waals surface area contributed by atoms with Gasteiger partial charge < -0.3 is 5.73 Å². The maximum atomic E-state index is 12.9. The van der Waals surface area contributed by atoms with Crippen LogP contribution in [0.25, 0.3) is 0 Å². The molecule has 1 saturated carbocycles. The summed E-state index contributed by atoms with van der Waals surface area (Å²) in [6, 6.07) is 3.11. The molecule has 2 N–H and O–H groups in total. The zero-order chi connectivity index (χ0) is 15.8. The van der Waals surface area contributed by atoms with Gasteiger partial charge in [0.05, 0.1) is 9.37 Å². The molecule has 0 bridgehead atoms. The molecule has 0 saturated heterocycles. The Morgan fingerprint density at radius 2 is 2.05 bits per heavy atom. The van der Waals surface area contributed by atoms with E-state index in [9.17, 15) is 8.42 Å². The van der Waals surface area contributed by atoms with E-state index in [1.54, 1.807) is 10.4 Å². The predicted molar refractivity (Wildman–Crippen MR) is 89.9 cm³/mol. The van der Waals surface area contributed by atoms with E-state index < -0.39 is 10.0 Å². The average molecular weight is 396 g/mol. The summed E-state index contributed by atoms with van der Waals surface area (Å²) in [5.41, 5.74) is 6.15. The molecule has 4 nitrogen and oxygen atoms in total. The predicted octanol–water partition coefficient (Wildman–Crippen LogP) is 3.88. The fraction of sp³-hybridized carbons (Fsp3) is 0.571. The molecule has 0 atom stereocenters. The van der Waals surface area contributed by atoms with Crippen LogP contribution in [-0.4, -0.2) is 25.3 Å². The molecule has 1 fully saturated rings. The minimum Gasteiger partial charge on any atom is -0.398 e. The highest BCUT2D eigenvalue weighted by Gasteiger charge is 2.39. The molecule has 118 valence electrons. The largest absolute Gasteiger partial charge is 0.398 e. The lowest BCUT2D eigenvalue weighted by Crippen LogP contribution is -2.35. The number of hydrogen-bond acceptors (Lipinski definition) is 3. The van der Waals surface area contributed by atoms with Crippen LogP contribution in [0, 0.1) is 5.92 Å². The van der Waals surface area contributed by atoms with Gasteiger partial charge in [-0.15, -0.1) is 0 Å². The standard InChI is InChI=1S/C14H20BrClN2O2S/c1-9(2)5-6-18(11-3-4-11)21(19,20)13-8-10(16)7-12(17)14(13)15/h7-9,11H,3-6,17H2,1-2H3. The van der Waals surface area contributed by atoms with Gasteiger partial charge in [-0.25, -0.2) is 8.42 Å². The SMILES string of the molecule is CC(C)CCN(C1CC1)S(=O)(=O)c1cc(Cl)cc(N)c1Br. The third kappa shape index (κ3) is 3.92.